The Labute approximate surface area is 155 Å². The first-order chi connectivity index (χ1) is 12.7. The van der Waals surface area contributed by atoms with Gasteiger partial charge in [0.2, 0.25) is 5.91 Å². The van der Waals surface area contributed by atoms with Gasteiger partial charge in [-0.1, -0.05) is 23.4 Å². The number of carbonyl (C=O) groups is 1. The number of rotatable bonds is 8. The number of aromatic nitrogens is 3. The zero-order chi connectivity index (χ0) is 18.4. The van der Waals surface area contributed by atoms with E-state index in [2.05, 4.69) is 46.4 Å². The third kappa shape index (κ3) is 4.42. The van der Waals surface area contributed by atoms with E-state index in [-0.39, 0.29) is 5.91 Å². The van der Waals surface area contributed by atoms with E-state index in [9.17, 15) is 4.79 Å². The minimum atomic E-state index is 0.103. The summed E-state index contributed by atoms with van der Waals surface area (Å²) in [5, 5.41) is 8.43. The molecule has 0 N–H and O–H groups in total. The number of hydrogen-bond donors (Lipinski definition) is 0. The lowest BCUT2D eigenvalue weighted by Crippen LogP contribution is -2.34. The van der Waals surface area contributed by atoms with Crippen molar-refractivity contribution in [2.24, 2.45) is 0 Å². The van der Waals surface area contributed by atoms with E-state index in [1.807, 2.05) is 18.0 Å². The van der Waals surface area contributed by atoms with Crippen molar-refractivity contribution in [2.75, 3.05) is 31.6 Å². The van der Waals surface area contributed by atoms with Crippen LogP contribution in [0.5, 0.6) is 0 Å². The molecule has 2 aromatic rings. The fourth-order valence-electron chi connectivity index (χ4n) is 3.53. The van der Waals surface area contributed by atoms with Crippen molar-refractivity contribution in [3.8, 4) is 0 Å². The summed E-state index contributed by atoms with van der Waals surface area (Å²) in [6.07, 6.45) is 5.26. The van der Waals surface area contributed by atoms with Gasteiger partial charge in [0.05, 0.1) is 11.4 Å². The van der Waals surface area contributed by atoms with Crippen LogP contribution in [-0.4, -0.2) is 52.5 Å². The van der Waals surface area contributed by atoms with Gasteiger partial charge in [-0.15, -0.1) is 5.10 Å². The van der Waals surface area contributed by atoms with Crippen LogP contribution in [0, 0.1) is 0 Å². The standard InChI is InChI=1S/C20H29N5O/c1-3-24(17-10-5-4-6-11-17)15-9-14-23(2)20(26)16-25-19-13-8-7-12-18(19)21-22-25/h4-6,10-11H,3,7-9,12-16H2,1-2H3. The van der Waals surface area contributed by atoms with E-state index in [1.54, 1.807) is 4.68 Å². The van der Waals surface area contributed by atoms with Gasteiger partial charge in [-0.05, 0) is 51.2 Å². The monoisotopic (exact) mass is 355 g/mol. The Bertz CT molecular complexity index is 712. The van der Waals surface area contributed by atoms with Gasteiger partial charge in [0.15, 0.2) is 0 Å². The van der Waals surface area contributed by atoms with Crippen LogP contribution in [0.25, 0.3) is 0 Å². The van der Waals surface area contributed by atoms with Crippen molar-refractivity contribution in [3.63, 3.8) is 0 Å². The van der Waals surface area contributed by atoms with Crippen LogP contribution in [0.3, 0.4) is 0 Å². The summed E-state index contributed by atoms with van der Waals surface area (Å²) in [6, 6.07) is 10.4. The van der Waals surface area contributed by atoms with Gasteiger partial charge < -0.3 is 9.80 Å². The molecule has 1 heterocycles. The SMILES string of the molecule is CCN(CCCN(C)C(=O)Cn1nnc2c1CCCC2)c1ccccc1. The van der Waals surface area contributed by atoms with Crippen LogP contribution in [0.2, 0.25) is 0 Å². The van der Waals surface area contributed by atoms with Gasteiger partial charge in [0.25, 0.3) is 0 Å². The van der Waals surface area contributed by atoms with Crippen LogP contribution in [0.1, 0.15) is 37.6 Å². The molecule has 6 nitrogen and oxygen atoms in total. The highest BCUT2D eigenvalue weighted by molar-refractivity contribution is 5.75. The molecule has 6 heteroatoms. The molecular weight excluding hydrogens is 326 g/mol. The van der Waals surface area contributed by atoms with E-state index in [4.69, 9.17) is 0 Å². The van der Waals surface area contributed by atoms with Gasteiger partial charge in [0, 0.05) is 32.4 Å². The molecule has 0 aliphatic heterocycles. The van der Waals surface area contributed by atoms with E-state index >= 15 is 0 Å². The largest absolute Gasteiger partial charge is 0.372 e. The molecule has 1 aliphatic carbocycles. The number of anilines is 1. The first-order valence-corrected chi connectivity index (χ1v) is 9.64. The van der Waals surface area contributed by atoms with Gasteiger partial charge >= 0.3 is 0 Å². The summed E-state index contributed by atoms with van der Waals surface area (Å²) in [4.78, 5) is 16.7. The Kier molecular flexibility index (Phi) is 6.26. The van der Waals surface area contributed by atoms with E-state index < -0.39 is 0 Å². The highest BCUT2D eigenvalue weighted by Gasteiger charge is 2.19. The lowest BCUT2D eigenvalue weighted by atomic mass is 10.0. The maximum Gasteiger partial charge on any atom is 0.244 e. The molecule has 0 fully saturated rings. The number of amides is 1. The van der Waals surface area contributed by atoms with Crippen molar-refractivity contribution in [3.05, 3.63) is 41.7 Å². The predicted molar refractivity (Wildman–Crippen MR) is 103 cm³/mol. The highest BCUT2D eigenvalue weighted by Crippen LogP contribution is 2.18. The molecule has 0 spiro atoms. The van der Waals surface area contributed by atoms with Gasteiger partial charge in [-0.25, -0.2) is 4.68 Å². The maximum absolute atomic E-state index is 12.5. The molecule has 0 saturated carbocycles. The molecule has 0 bridgehead atoms. The summed E-state index contributed by atoms with van der Waals surface area (Å²) < 4.78 is 1.80. The molecule has 0 radical (unpaired) electrons. The zero-order valence-corrected chi connectivity index (χ0v) is 15.9. The summed E-state index contributed by atoms with van der Waals surface area (Å²) in [7, 11) is 1.88. The Morgan fingerprint density at radius 2 is 1.92 bits per heavy atom. The first kappa shape index (κ1) is 18.4. The third-order valence-corrected chi connectivity index (χ3v) is 5.13. The average Bonchev–Trinajstić information content (AvgIpc) is 3.09. The fraction of sp³-hybridized carbons (Fsp3) is 0.550. The molecule has 1 aliphatic rings. The van der Waals surface area contributed by atoms with Gasteiger partial charge in [-0.3, -0.25) is 4.79 Å². The number of para-hydroxylation sites is 1. The Balaban J connectivity index is 1.48. The van der Waals surface area contributed by atoms with Crippen molar-refractivity contribution >= 4 is 11.6 Å². The smallest absolute Gasteiger partial charge is 0.244 e. The molecule has 26 heavy (non-hydrogen) atoms. The van der Waals surface area contributed by atoms with Crippen LogP contribution in [-0.2, 0) is 24.2 Å². The molecule has 0 unspecified atom stereocenters. The fourth-order valence-corrected chi connectivity index (χ4v) is 3.53. The molecule has 1 aromatic heterocycles. The Morgan fingerprint density at radius 3 is 2.69 bits per heavy atom. The van der Waals surface area contributed by atoms with Crippen LogP contribution >= 0.6 is 0 Å². The Morgan fingerprint density at radius 1 is 1.15 bits per heavy atom. The minimum absolute atomic E-state index is 0.103. The van der Waals surface area contributed by atoms with Crippen molar-refractivity contribution < 1.29 is 4.79 Å². The van der Waals surface area contributed by atoms with Crippen LogP contribution in [0.4, 0.5) is 5.69 Å². The molecule has 0 atom stereocenters. The number of aryl methyl sites for hydroxylation is 1. The summed E-state index contributed by atoms with van der Waals surface area (Å²) in [6.45, 7) is 5.12. The van der Waals surface area contributed by atoms with Crippen LogP contribution in [0.15, 0.2) is 30.3 Å². The molecule has 140 valence electrons. The van der Waals surface area contributed by atoms with Crippen molar-refractivity contribution in [1.29, 1.82) is 0 Å². The van der Waals surface area contributed by atoms with Gasteiger partial charge in [-0.2, -0.15) is 0 Å². The molecule has 3 rings (SSSR count). The lowest BCUT2D eigenvalue weighted by molar-refractivity contribution is -0.130. The molecule has 1 amide bonds. The van der Waals surface area contributed by atoms with Crippen molar-refractivity contribution in [1.82, 2.24) is 19.9 Å². The average molecular weight is 355 g/mol. The van der Waals surface area contributed by atoms with E-state index in [0.717, 1.165) is 56.7 Å². The number of likely N-dealkylation sites (N-methyl/N-ethyl adjacent to an activating group) is 1. The summed E-state index contributed by atoms with van der Waals surface area (Å²) >= 11 is 0. The Hall–Kier alpha value is -2.37. The maximum atomic E-state index is 12.5. The number of fused-ring (bicyclic) bond motifs is 1. The molecule has 0 saturated heterocycles. The quantitative estimate of drug-likeness (QED) is 0.730. The van der Waals surface area contributed by atoms with Crippen molar-refractivity contribution in [2.45, 2.75) is 45.6 Å². The topological polar surface area (TPSA) is 54.3 Å². The van der Waals surface area contributed by atoms with E-state index in [1.165, 1.54) is 12.1 Å². The molecular formula is C20H29N5O. The van der Waals surface area contributed by atoms with E-state index in [0.29, 0.717) is 6.54 Å². The lowest BCUT2D eigenvalue weighted by Gasteiger charge is -2.25. The number of hydrogen-bond acceptors (Lipinski definition) is 4. The minimum Gasteiger partial charge on any atom is -0.372 e. The second-order valence-corrected chi connectivity index (χ2v) is 6.93. The normalized spacial score (nSPS) is 13.3. The number of carbonyl (C=O) groups excluding carboxylic acids is 1. The third-order valence-electron chi connectivity index (χ3n) is 5.13. The second kappa shape index (κ2) is 8.83. The molecule has 1 aromatic carbocycles. The van der Waals surface area contributed by atoms with Gasteiger partial charge in [0.1, 0.15) is 6.54 Å². The predicted octanol–water partition coefficient (Wildman–Crippen LogP) is 2.53. The number of benzene rings is 1. The highest BCUT2D eigenvalue weighted by atomic mass is 16.2. The van der Waals surface area contributed by atoms with Crippen LogP contribution < -0.4 is 4.90 Å². The first-order valence-electron chi connectivity index (χ1n) is 9.64. The zero-order valence-electron chi connectivity index (χ0n) is 15.9. The summed E-state index contributed by atoms with van der Waals surface area (Å²) in [5.74, 6) is 0.103. The summed E-state index contributed by atoms with van der Waals surface area (Å²) in [5.41, 5.74) is 3.46. The second-order valence-electron chi connectivity index (χ2n) is 6.93. The number of nitrogens with zero attached hydrogens (tertiary/aromatic N) is 5.